The van der Waals surface area contributed by atoms with Gasteiger partial charge in [-0.3, -0.25) is 4.79 Å². The highest BCUT2D eigenvalue weighted by molar-refractivity contribution is 7.13. The molecule has 1 aliphatic carbocycles. The van der Waals surface area contributed by atoms with Gasteiger partial charge in [-0.25, -0.2) is 4.98 Å². The van der Waals surface area contributed by atoms with Crippen LogP contribution in [0.1, 0.15) is 49.2 Å². The van der Waals surface area contributed by atoms with Crippen molar-refractivity contribution in [3.8, 4) is 16.3 Å². The van der Waals surface area contributed by atoms with Gasteiger partial charge in [-0.2, -0.15) is 10.2 Å². The third-order valence-corrected chi connectivity index (χ3v) is 7.08. The lowest BCUT2D eigenvalue weighted by atomic mass is 9.96. The molecule has 2 aliphatic rings. The highest BCUT2D eigenvalue weighted by Crippen LogP contribution is 2.40. The normalized spacial score (nSPS) is 17.7. The molecule has 1 saturated carbocycles. The molecule has 5 rings (SSSR count). The first-order chi connectivity index (χ1) is 16.1. The second-order valence-electron chi connectivity index (χ2n) is 8.72. The number of benzene rings is 1. The van der Waals surface area contributed by atoms with Crippen molar-refractivity contribution in [1.82, 2.24) is 15.2 Å². The summed E-state index contributed by atoms with van der Waals surface area (Å²) in [6, 6.07) is 5.74. The van der Waals surface area contributed by atoms with Crippen LogP contribution in [0.15, 0.2) is 36.0 Å². The minimum absolute atomic E-state index is 0. The zero-order chi connectivity index (χ0) is 22.8. The van der Waals surface area contributed by atoms with Crippen molar-refractivity contribution < 1.29 is 9.53 Å². The fourth-order valence-corrected chi connectivity index (χ4v) is 5.05. The van der Waals surface area contributed by atoms with Crippen LogP contribution in [0.2, 0.25) is 0 Å². The lowest BCUT2D eigenvalue weighted by Crippen LogP contribution is -2.39. The first-order valence-electron chi connectivity index (χ1n) is 11.4. The molecule has 0 bridgehead atoms. The van der Waals surface area contributed by atoms with Crippen LogP contribution >= 0.6 is 11.3 Å². The van der Waals surface area contributed by atoms with Crippen LogP contribution < -0.4 is 20.7 Å². The van der Waals surface area contributed by atoms with Gasteiger partial charge in [-0.1, -0.05) is 7.43 Å². The van der Waals surface area contributed by atoms with Gasteiger partial charge in [0.25, 0.3) is 5.91 Å². The molecule has 3 heterocycles. The fraction of sp³-hybridized carbons (Fsp3) is 0.440. The smallest absolute Gasteiger partial charge is 0.275 e. The number of thiazole rings is 1. The lowest BCUT2D eigenvalue weighted by molar-refractivity contribution is 0.102. The zero-order valence-corrected chi connectivity index (χ0v) is 19.5. The Hall–Kier alpha value is -3.04. The predicted molar refractivity (Wildman–Crippen MR) is 137 cm³/mol. The minimum Gasteiger partial charge on any atom is -0.490 e. The van der Waals surface area contributed by atoms with Crippen molar-refractivity contribution in [3.05, 3.63) is 47.2 Å². The number of ether oxygens (including phenoxy) is 1. The van der Waals surface area contributed by atoms with Gasteiger partial charge in [0.15, 0.2) is 0 Å². The van der Waals surface area contributed by atoms with E-state index in [2.05, 4.69) is 32.3 Å². The Kier molecular flexibility index (Phi) is 7.43. The number of amides is 1. The van der Waals surface area contributed by atoms with Gasteiger partial charge in [0, 0.05) is 29.6 Å². The van der Waals surface area contributed by atoms with Crippen molar-refractivity contribution in [2.75, 3.05) is 29.9 Å². The molecule has 1 aliphatic heterocycles. The maximum absolute atomic E-state index is 13.1. The molecule has 1 aromatic carbocycles. The molecule has 1 amide bonds. The summed E-state index contributed by atoms with van der Waals surface area (Å²) < 4.78 is 6.15. The van der Waals surface area contributed by atoms with E-state index in [-0.39, 0.29) is 13.3 Å². The summed E-state index contributed by atoms with van der Waals surface area (Å²) in [5, 5.41) is 13.3. The molecule has 34 heavy (non-hydrogen) atoms. The molecule has 9 heteroatoms. The molecule has 1 atom stereocenters. The highest BCUT2D eigenvalue weighted by Gasteiger charge is 2.28. The van der Waals surface area contributed by atoms with Gasteiger partial charge < -0.3 is 20.7 Å². The average molecular weight is 481 g/mol. The topological polar surface area (TPSA) is 106 Å². The predicted octanol–water partition coefficient (Wildman–Crippen LogP) is 4.51. The van der Waals surface area contributed by atoms with E-state index in [4.69, 9.17) is 10.5 Å². The van der Waals surface area contributed by atoms with E-state index in [0.717, 1.165) is 72.0 Å². The van der Waals surface area contributed by atoms with Gasteiger partial charge in [0.2, 0.25) is 0 Å². The molecule has 3 aromatic rings. The highest BCUT2D eigenvalue weighted by atomic mass is 32.1. The summed E-state index contributed by atoms with van der Waals surface area (Å²) in [7, 11) is 0. The Labute approximate surface area is 204 Å². The van der Waals surface area contributed by atoms with Gasteiger partial charge in [0.05, 0.1) is 29.9 Å². The number of piperidine rings is 1. The molecule has 8 nitrogen and oxygen atoms in total. The molecule has 180 valence electrons. The van der Waals surface area contributed by atoms with Crippen LogP contribution in [0.25, 0.3) is 10.6 Å². The Balaban J connectivity index is 0.00000274. The summed E-state index contributed by atoms with van der Waals surface area (Å²) in [4.78, 5) is 20.0. The Morgan fingerprint density at radius 1 is 1.26 bits per heavy atom. The Morgan fingerprint density at radius 3 is 2.85 bits per heavy atom. The van der Waals surface area contributed by atoms with Crippen molar-refractivity contribution in [3.63, 3.8) is 0 Å². The number of nitrogens with two attached hydrogens (primary N) is 1. The number of rotatable bonds is 7. The molecule has 2 aromatic heterocycles. The Bertz CT molecular complexity index is 1130. The van der Waals surface area contributed by atoms with Gasteiger partial charge in [-0.05, 0) is 63.3 Å². The summed E-state index contributed by atoms with van der Waals surface area (Å²) in [6.45, 7) is 4.55. The summed E-state index contributed by atoms with van der Waals surface area (Å²) in [5.74, 6) is 1.11. The number of aromatic nitrogens is 3. The number of carbonyl (C=O) groups is 1. The van der Waals surface area contributed by atoms with E-state index in [9.17, 15) is 4.79 Å². The summed E-state index contributed by atoms with van der Waals surface area (Å²) >= 11 is 1.41. The average Bonchev–Trinajstić information content (AvgIpc) is 3.53. The van der Waals surface area contributed by atoms with Crippen LogP contribution in [-0.4, -0.2) is 46.8 Å². The molecule has 0 unspecified atom stereocenters. The van der Waals surface area contributed by atoms with Crippen LogP contribution in [0.4, 0.5) is 11.4 Å². The third-order valence-electron chi connectivity index (χ3n) is 6.18. The van der Waals surface area contributed by atoms with E-state index in [1.165, 1.54) is 11.3 Å². The molecular formula is C25H32N6O2S. The zero-order valence-electron chi connectivity index (χ0n) is 18.7. The van der Waals surface area contributed by atoms with E-state index in [0.29, 0.717) is 24.3 Å². The second-order valence-corrected chi connectivity index (χ2v) is 9.57. The van der Waals surface area contributed by atoms with Crippen LogP contribution in [-0.2, 0) is 0 Å². The second kappa shape index (κ2) is 10.5. The lowest BCUT2D eigenvalue weighted by Gasteiger charge is -2.36. The Morgan fingerprint density at radius 2 is 2.12 bits per heavy atom. The van der Waals surface area contributed by atoms with Crippen molar-refractivity contribution in [2.45, 2.75) is 46.1 Å². The van der Waals surface area contributed by atoms with Crippen LogP contribution in [0, 0.1) is 12.8 Å². The van der Waals surface area contributed by atoms with Crippen molar-refractivity contribution >= 4 is 28.6 Å². The van der Waals surface area contributed by atoms with E-state index in [1.807, 2.05) is 18.2 Å². The minimum atomic E-state index is -0.233. The number of anilines is 2. The third kappa shape index (κ3) is 5.20. The number of nitrogens with one attached hydrogen (secondary N) is 1. The largest absolute Gasteiger partial charge is 0.490 e. The quantitative estimate of drug-likeness (QED) is 0.512. The summed E-state index contributed by atoms with van der Waals surface area (Å²) in [6.07, 6.45) is 7.99. The van der Waals surface area contributed by atoms with E-state index < -0.39 is 0 Å². The monoisotopic (exact) mass is 480 g/mol. The van der Waals surface area contributed by atoms with Crippen molar-refractivity contribution in [2.24, 2.45) is 11.7 Å². The van der Waals surface area contributed by atoms with Crippen LogP contribution in [0.3, 0.4) is 0 Å². The summed E-state index contributed by atoms with van der Waals surface area (Å²) in [5.41, 5.74) is 10.1. The van der Waals surface area contributed by atoms with Crippen molar-refractivity contribution in [1.29, 1.82) is 0 Å². The fourth-order valence-electron chi connectivity index (χ4n) is 4.26. The van der Waals surface area contributed by atoms with Gasteiger partial charge in [-0.15, -0.1) is 11.3 Å². The van der Waals surface area contributed by atoms with E-state index >= 15 is 0 Å². The molecule has 0 radical (unpaired) electrons. The van der Waals surface area contributed by atoms with E-state index in [1.54, 1.807) is 17.8 Å². The standard InChI is InChI=1S/C24H28N6O2S.CH4/c1-15-21(32-18-4-5-18)7-6-19(22(15)30-10-2-3-16(11-25)13-30)28-23(31)20-14-33-24(29-20)17-8-9-26-27-12-17;/h6-9,12,14,16,18H,2-5,10-11,13,25H2,1H3,(H,28,31);1H4/t16-;/m0./s1. The molecule has 3 N–H and O–H groups in total. The number of hydrogen-bond donors (Lipinski definition) is 2. The van der Waals surface area contributed by atoms with Crippen LogP contribution in [0.5, 0.6) is 5.75 Å². The maximum atomic E-state index is 13.1. The van der Waals surface area contributed by atoms with Gasteiger partial charge in [0.1, 0.15) is 16.5 Å². The molecular weight excluding hydrogens is 448 g/mol. The SMILES string of the molecule is C.Cc1c(OC2CC2)ccc(NC(=O)c2csc(-c3ccnnc3)n2)c1N1CCC[C@@H](CN)C1. The molecule has 2 fully saturated rings. The first-order valence-corrected chi connectivity index (χ1v) is 12.3. The molecule has 0 spiro atoms. The molecule has 1 saturated heterocycles. The number of hydrogen-bond acceptors (Lipinski definition) is 8. The number of carbonyl (C=O) groups excluding carboxylic acids is 1. The first kappa shape index (κ1) is 24.1. The maximum Gasteiger partial charge on any atom is 0.275 e. The van der Waals surface area contributed by atoms with Gasteiger partial charge >= 0.3 is 0 Å². The number of nitrogens with zero attached hydrogens (tertiary/aromatic N) is 4.